The number of amides is 2. The zero-order valence-electron chi connectivity index (χ0n) is 15.8. The fourth-order valence-electron chi connectivity index (χ4n) is 3.41. The van der Waals surface area contributed by atoms with E-state index >= 15 is 0 Å². The van der Waals surface area contributed by atoms with Gasteiger partial charge in [0.05, 0.1) is 28.7 Å². The molecule has 0 radical (unpaired) electrons. The van der Waals surface area contributed by atoms with Gasteiger partial charge in [0.15, 0.2) is 0 Å². The Balaban J connectivity index is 1.91. The van der Waals surface area contributed by atoms with E-state index in [4.69, 9.17) is 0 Å². The molecule has 0 spiro atoms. The van der Waals surface area contributed by atoms with Crippen molar-refractivity contribution in [2.75, 3.05) is 20.6 Å². The summed E-state index contributed by atoms with van der Waals surface area (Å²) in [6, 6.07) is 4.24. The molecule has 1 unspecified atom stereocenters. The van der Waals surface area contributed by atoms with Crippen LogP contribution in [0.25, 0.3) is 5.69 Å². The molecule has 0 saturated carbocycles. The molecule has 0 N–H and O–H groups in total. The topological polar surface area (TPSA) is 58.4 Å². The van der Waals surface area contributed by atoms with E-state index in [0.717, 1.165) is 18.6 Å². The quantitative estimate of drug-likeness (QED) is 0.804. The molecule has 6 nitrogen and oxygen atoms in total. The number of likely N-dealkylation sites (N-methyl/N-ethyl adjacent to an activating group) is 1. The lowest BCUT2D eigenvalue weighted by Gasteiger charge is -2.26. The molecular weight excluding hydrogens is 373 g/mol. The van der Waals surface area contributed by atoms with Crippen LogP contribution < -0.4 is 0 Å². The lowest BCUT2D eigenvalue weighted by Crippen LogP contribution is -2.45. The Labute approximate surface area is 160 Å². The van der Waals surface area contributed by atoms with Crippen molar-refractivity contribution in [2.24, 2.45) is 0 Å². The molecule has 1 fully saturated rings. The first-order valence-electron chi connectivity index (χ1n) is 8.85. The van der Waals surface area contributed by atoms with Gasteiger partial charge in [-0.3, -0.25) is 9.59 Å². The van der Waals surface area contributed by atoms with Crippen molar-refractivity contribution in [1.82, 2.24) is 19.6 Å². The van der Waals surface area contributed by atoms with Gasteiger partial charge in [-0.25, -0.2) is 4.68 Å². The highest BCUT2D eigenvalue weighted by Crippen LogP contribution is 2.31. The van der Waals surface area contributed by atoms with E-state index in [1.807, 2.05) is 0 Å². The first-order valence-corrected chi connectivity index (χ1v) is 8.85. The number of carbonyl (C=O) groups excluding carboxylic acids is 2. The van der Waals surface area contributed by atoms with Crippen molar-refractivity contribution in [3.8, 4) is 5.69 Å². The zero-order valence-corrected chi connectivity index (χ0v) is 15.8. The highest BCUT2D eigenvalue weighted by atomic mass is 19.4. The van der Waals surface area contributed by atoms with E-state index in [-0.39, 0.29) is 23.1 Å². The van der Waals surface area contributed by atoms with Crippen LogP contribution in [0, 0.1) is 6.92 Å². The Kier molecular flexibility index (Phi) is 5.18. The van der Waals surface area contributed by atoms with Crippen molar-refractivity contribution < 1.29 is 22.8 Å². The summed E-state index contributed by atoms with van der Waals surface area (Å²) in [6.45, 7) is 2.08. The van der Waals surface area contributed by atoms with Gasteiger partial charge in [-0.2, -0.15) is 18.3 Å². The number of carbonyl (C=O) groups is 2. The van der Waals surface area contributed by atoms with Crippen molar-refractivity contribution >= 4 is 11.8 Å². The lowest BCUT2D eigenvalue weighted by atomic mass is 10.1. The van der Waals surface area contributed by atoms with Gasteiger partial charge in [-0.1, -0.05) is 6.07 Å². The van der Waals surface area contributed by atoms with Crippen LogP contribution in [0.1, 0.15) is 34.5 Å². The summed E-state index contributed by atoms with van der Waals surface area (Å²) in [5.41, 5.74) is 0.126. The molecule has 2 aromatic rings. The van der Waals surface area contributed by atoms with Crippen LogP contribution in [0.4, 0.5) is 13.2 Å². The highest BCUT2D eigenvalue weighted by Gasteiger charge is 2.36. The molecular formula is C19H21F3N4O2. The number of rotatable bonds is 3. The second kappa shape index (κ2) is 7.29. The molecule has 3 rings (SSSR count). The molecule has 0 bridgehead atoms. The number of hydrogen-bond acceptors (Lipinski definition) is 3. The molecule has 2 heterocycles. The molecule has 9 heteroatoms. The molecule has 1 aliphatic rings. The Hall–Kier alpha value is -2.84. The van der Waals surface area contributed by atoms with Gasteiger partial charge in [-0.15, -0.1) is 0 Å². The van der Waals surface area contributed by atoms with Crippen LogP contribution >= 0.6 is 0 Å². The average Bonchev–Trinajstić information content (AvgIpc) is 3.26. The second-order valence-corrected chi connectivity index (χ2v) is 6.99. The normalized spacial score (nSPS) is 17.1. The summed E-state index contributed by atoms with van der Waals surface area (Å²) >= 11 is 0. The summed E-state index contributed by atoms with van der Waals surface area (Å²) < 4.78 is 40.2. The third-order valence-corrected chi connectivity index (χ3v) is 4.90. The largest absolute Gasteiger partial charge is 0.416 e. The standard InChI is InChI=1S/C19H21F3N4O2/c1-12-15(17(27)25-9-5-8-16(25)18(28)24(2)3)11-23-26(12)14-7-4-6-13(10-14)19(20,21)22/h4,6-7,10-11,16H,5,8-9H2,1-3H3. The third kappa shape index (κ3) is 3.61. The van der Waals surface area contributed by atoms with E-state index in [2.05, 4.69) is 5.10 Å². The van der Waals surface area contributed by atoms with Crippen molar-refractivity contribution in [3.63, 3.8) is 0 Å². The summed E-state index contributed by atoms with van der Waals surface area (Å²) in [5, 5.41) is 4.11. The Morgan fingerprint density at radius 2 is 1.96 bits per heavy atom. The van der Waals surface area contributed by atoms with Crippen LogP contribution in [0.5, 0.6) is 0 Å². The van der Waals surface area contributed by atoms with E-state index in [1.165, 1.54) is 32.8 Å². The monoisotopic (exact) mass is 394 g/mol. The molecule has 1 aliphatic heterocycles. The van der Waals surface area contributed by atoms with Crippen LogP contribution in [-0.4, -0.2) is 58.1 Å². The smallest absolute Gasteiger partial charge is 0.347 e. The van der Waals surface area contributed by atoms with Gasteiger partial charge >= 0.3 is 6.18 Å². The number of halogens is 3. The van der Waals surface area contributed by atoms with Crippen molar-refractivity contribution in [1.29, 1.82) is 0 Å². The average molecular weight is 394 g/mol. The second-order valence-electron chi connectivity index (χ2n) is 6.99. The maximum absolute atomic E-state index is 13.0. The molecule has 1 saturated heterocycles. The van der Waals surface area contributed by atoms with E-state index < -0.39 is 17.8 Å². The van der Waals surface area contributed by atoms with Crippen LogP contribution in [0.2, 0.25) is 0 Å². The SMILES string of the molecule is Cc1c(C(=O)N2CCCC2C(=O)N(C)C)cnn1-c1cccc(C(F)(F)F)c1. The summed E-state index contributed by atoms with van der Waals surface area (Å²) in [7, 11) is 3.28. The minimum Gasteiger partial charge on any atom is -0.347 e. The fourth-order valence-corrected chi connectivity index (χ4v) is 3.41. The molecule has 28 heavy (non-hydrogen) atoms. The Morgan fingerprint density at radius 3 is 2.61 bits per heavy atom. The Bertz CT molecular complexity index is 905. The number of likely N-dealkylation sites (tertiary alicyclic amines) is 1. The molecule has 2 amide bonds. The molecule has 1 aromatic heterocycles. The number of hydrogen-bond donors (Lipinski definition) is 0. The first kappa shape index (κ1) is 19.9. The highest BCUT2D eigenvalue weighted by molar-refractivity contribution is 5.98. The van der Waals surface area contributed by atoms with E-state index in [0.29, 0.717) is 18.7 Å². The molecule has 150 valence electrons. The van der Waals surface area contributed by atoms with Crippen molar-refractivity contribution in [3.05, 3.63) is 47.3 Å². The van der Waals surface area contributed by atoms with Crippen LogP contribution in [0.3, 0.4) is 0 Å². The lowest BCUT2D eigenvalue weighted by molar-refractivity contribution is -0.137. The molecule has 0 aliphatic carbocycles. The van der Waals surface area contributed by atoms with Gasteiger partial charge in [0.25, 0.3) is 5.91 Å². The van der Waals surface area contributed by atoms with Gasteiger partial charge in [0.1, 0.15) is 6.04 Å². The molecule has 1 atom stereocenters. The molecule has 1 aromatic carbocycles. The maximum atomic E-state index is 13.0. The summed E-state index contributed by atoms with van der Waals surface area (Å²) in [4.78, 5) is 28.3. The van der Waals surface area contributed by atoms with Gasteiger partial charge < -0.3 is 9.80 Å². The predicted molar refractivity (Wildman–Crippen MR) is 96.1 cm³/mol. The summed E-state index contributed by atoms with van der Waals surface area (Å²) in [6.07, 6.45) is -1.82. The number of aromatic nitrogens is 2. The minimum atomic E-state index is -4.47. The van der Waals surface area contributed by atoms with E-state index in [1.54, 1.807) is 21.0 Å². The van der Waals surface area contributed by atoms with Crippen LogP contribution in [-0.2, 0) is 11.0 Å². The summed E-state index contributed by atoms with van der Waals surface area (Å²) in [5.74, 6) is -0.484. The van der Waals surface area contributed by atoms with Gasteiger partial charge in [0.2, 0.25) is 5.91 Å². The fraction of sp³-hybridized carbons (Fsp3) is 0.421. The first-order chi connectivity index (χ1) is 13.1. The van der Waals surface area contributed by atoms with Crippen molar-refractivity contribution in [2.45, 2.75) is 32.0 Å². The number of alkyl halides is 3. The Morgan fingerprint density at radius 1 is 1.25 bits per heavy atom. The third-order valence-electron chi connectivity index (χ3n) is 4.90. The van der Waals surface area contributed by atoms with Gasteiger partial charge in [-0.05, 0) is 38.0 Å². The maximum Gasteiger partial charge on any atom is 0.416 e. The van der Waals surface area contributed by atoms with E-state index in [9.17, 15) is 22.8 Å². The number of benzene rings is 1. The zero-order chi connectivity index (χ0) is 20.6. The number of nitrogens with zero attached hydrogens (tertiary/aromatic N) is 4. The predicted octanol–water partition coefficient (Wildman–Crippen LogP) is 2.89. The van der Waals surface area contributed by atoms with Crippen LogP contribution in [0.15, 0.2) is 30.5 Å². The minimum absolute atomic E-state index is 0.145. The van der Waals surface area contributed by atoms with Gasteiger partial charge in [0, 0.05) is 20.6 Å².